The first-order chi connectivity index (χ1) is 10.4. The summed E-state index contributed by atoms with van der Waals surface area (Å²) in [5.74, 6) is -0.577. The summed E-state index contributed by atoms with van der Waals surface area (Å²) in [7, 11) is -4.20. The van der Waals surface area contributed by atoms with Crippen LogP contribution in [0.3, 0.4) is 0 Å². The van der Waals surface area contributed by atoms with Gasteiger partial charge in [0.15, 0.2) is 0 Å². The number of H-pyrrole nitrogens is 1. The van der Waals surface area contributed by atoms with Crippen molar-refractivity contribution >= 4 is 24.3 Å². The van der Waals surface area contributed by atoms with Gasteiger partial charge in [0.05, 0.1) is 11.7 Å². The van der Waals surface area contributed by atoms with Crippen molar-refractivity contribution in [3.63, 3.8) is 0 Å². The van der Waals surface area contributed by atoms with Crippen molar-refractivity contribution in [3.05, 3.63) is 42.7 Å². The molecule has 114 valence electrons. The maximum atomic E-state index is 11.2. The number of rotatable bonds is 4. The Balaban J connectivity index is 1.91. The topological polar surface area (TPSA) is 111 Å². The van der Waals surface area contributed by atoms with Crippen LogP contribution < -0.4 is 5.32 Å². The normalized spacial score (nSPS) is 13.2. The molecular formula is C14H15N4O3P. The van der Waals surface area contributed by atoms with E-state index in [1.54, 1.807) is 18.5 Å². The van der Waals surface area contributed by atoms with Gasteiger partial charge in [-0.15, -0.1) is 0 Å². The molecule has 0 amide bonds. The van der Waals surface area contributed by atoms with Gasteiger partial charge in [0.2, 0.25) is 0 Å². The van der Waals surface area contributed by atoms with E-state index in [-0.39, 0.29) is 0 Å². The number of nitrogens with one attached hydrogen (secondary N) is 2. The minimum atomic E-state index is -4.20. The Kier molecular flexibility index (Phi) is 3.70. The van der Waals surface area contributed by atoms with E-state index in [0.717, 1.165) is 22.0 Å². The van der Waals surface area contributed by atoms with Gasteiger partial charge in [-0.1, -0.05) is 6.07 Å². The van der Waals surface area contributed by atoms with Gasteiger partial charge in [-0.2, -0.15) is 5.10 Å². The number of anilines is 1. The lowest BCUT2D eigenvalue weighted by atomic mass is 10.1. The van der Waals surface area contributed by atoms with Gasteiger partial charge in [-0.05, 0) is 42.3 Å². The molecule has 7 nitrogen and oxygen atoms in total. The summed E-state index contributed by atoms with van der Waals surface area (Å²) in [5.41, 5.74) is 2.83. The molecule has 0 saturated heterocycles. The molecule has 8 heteroatoms. The van der Waals surface area contributed by atoms with Crippen molar-refractivity contribution in [3.8, 4) is 11.1 Å². The SMILES string of the molecule is CC(Nc1cc(-c2ccc3[nH]ncc3c2)ccn1)P(=O)(O)O. The average molecular weight is 318 g/mol. The van der Waals surface area contributed by atoms with Gasteiger partial charge in [-0.3, -0.25) is 9.66 Å². The molecule has 0 radical (unpaired) electrons. The summed E-state index contributed by atoms with van der Waals surface area (Å²) >= 11 is 0. The van der Waals surface area contributed by atoms with Crippen LogP contribution in [0.2, 0.25) is 0 Å². The van der Waals surface area contributed by atoms with Crippen LogP contribution >= 0.6 is 7.60 Å². The second kappa shape index (κ2) is 5.53. The fourth-order valence-electron chi connectivity index (χ4n) is 2.11. The lowest BCUT2D eigenvalue weighted by Crippen LogP contribution is -2.15. The van der Waals surface area contributed by atoms with E-state index < -0.39 is 13.4 Å². The Hall–Kier alpha value is -2.21. The Morgan fingerprint density at radius 2 is 2.00 bits per heavy atom. The third-order valence-corrected chi connectivity index (χ3v) is 4.53. The Labute approximate surface area is 126 Å². The molecule has 3 aromatic rings. The zero-order valence-electron chi connectivity index (χ0n) is 11.8. The number of aromatic amines is 1. The Bertz CT molecular complexity index is 858. The number of aromatic nitrogens is 3. The zero-order chi connectivity index (χ0) is 15.7. The summed E-state index contributed by atoms with van der Waals surface area (Å²) in [6.45, 7) is 1.42. The van der Waals surface area contributed by atoms with Crippen LogP contribution in [0.25, 0.3) is 22.0 Å². The van der Waals surface area contributed by atoms with Gasteiger partial charge < -0.3 is 15.1 Å². The summed E-state index contributed by atoms with van der Waals surface area (Å²) in [4.78, 5) is 22.4. The van der Waals surface area contributed by atoms with Crippen LogP contribution in [0.4, 0.5) is 5.82 Å². The number of fused-ring (bicyclic) bond motifs is 1. The second-order valence-corrected chi connectivity index (χ2v) is 6.96. The van der Waals surface area contributed by atoms with Crippen molar-refractivity contribution in [2.75, 3.05) is 5.32 Å². The van der Waals surface area contributed by atoms with E-state index in [2.05, 4.69) is 20.5 Å². The minimum absolute atomic E-state index is 0.417. The lowest BCUT2D eigenvalue weighted by molar-refractivity contribution is 0.364. The highest BCUT2D eigenvalue weighted by molar-refractivity contribution is 7.52. The van der Waals surface area contributed by atoms with Crippen LogP contribution in [0, 0.1) is 0 Å². The molecule has 0 aliphatic rings. The molecule has 0 aliphatic carbocycles. The molecule has 2 heterocycles. The number of nitrogens with zero attached hydrogens (tertiary/aromatic N) is 2. The first kappa shape index (κ1) is 14.7. The van der Waals surface area contributed by atoms with Crippen LogP contribution in [-0.2, 0) is 4.57 Å². The monoisotopic (exact) mass is 318 g/mol. The van der Waals surface area contributed by atoms with E-state index >= 15 is 0 Å². The van der Waals surface area contributed by atoms with Gasteiger partial charge in [0.25, 0.3) is 0 Å². The summed E-state index contributed by atoms with van der Waals surface area (Å²) in [5, 5.41) is 10.6. The molecule has 2 aromatic heterocycles. The first-order valence-corrected chi connectivity index (χ1v) is 8.33. The fraction of sp³-hybridized carbons (Fsp3) is 0.143. The van der Waals surface area contributed by atoms with Crippen LogP contribution in [0.5, 0.6) is 0 Å². The predicted octanol–water partition coefficient (Wildman–Crippen LogP) is 2.56. The Morgan fingerprint density at radius 1 is 1.23 bits per heavy atom. The van der Waals surface area contributed by atoms with Crippen LogP contribution in [-0.4, -0.2) is 30.8 Å². The third kappa shape index (κ3) is 3.01. The standard InChI is InChI=1S/C14H15N4O3P/c1-9(22(19,20)21)17-14-7-11(4-5-15-14)10-2-3-13-12(6-10)8-16-18-13/h2-9H,1H3,(H,15,17)(H,16,18)(H2,19,20,21). The molecule has 1 aromatic carbocycles. The highest BCUT2D eigenvalue weighted by Gasteiger charge is 2.23. The van der Waals surface area contributed by atoms with Gasteiger partial charge in [0.1, 0.15) is 11.6 Å². The van der Waals surface area contributed by atoms with Crippen LogP contribution in [0.15, 0.2) is 42.7 Å². The number of hydrogen-bond donors (Lipinski definition) is 4. The van der Waals surface area contributed by atoms with Gasteiger partial charge in [0, 0.05) is 11.6 Å². The summed E-state index contributed by atoms with van der Waals surface area (Å²) in [6, 6.07) is 9.47. The molecular weight excluding hydrogens is 303 g/mol. The second-order valence-electron chi connectivity index (χ2n) is 5.01. The lowest BCUT2D eigenvalue weighted by Gasteiger charge is -2.16. The molecule has 0 saturated carbocycles. The minimum Gasteiger partial charge on any atom is -0.356 e. The van der Waals surface area contributed by atoms with Gasteiger partial charge >= 0.3 is 7.60 Å². The summed E-state index contributed by atoms with van der Waals surface area (Å²) in [6.07, 6.45) is 3.35. The third-order valence-electron chi connectivity index (χ3n) is 3.39. The molecule has 3 rings (SSSR count). The van der Waals surface area contributed by atoms with Crippen molar-refractivity contribution < 1.29 is 14.4 Å². The van der Waals surface area contributed by atoms with Crippen LogP contribution in [0.1, 0.15) is 6.92 Å². The van der Waals surface area contributed by atoms with Crippen molar-refractivity contribution in [2.45, 2.75) is 12.7 Å². The number of hydrogen-bond acceptors (Lipinski definition) is 4. The quantitative estimate of drug-likeness (QED) is 0.550. The molecule has 1 unspecified atom stereocenters. The zero-order valence-corrected chi connectivity index (χ0v) is 12.7. The molecule has 0 aliphatic heterocycles. The van der Waals surface area contributed by atoms with Crippen molar-refractivity contribution in [1.82, 2.24) is 15.2 Å². The molecule has 0 spiro atoms. The largest absolute Gasteiger partial charge is 0.356 e. The van der Waals surface area contributed by atoms with Crippen molar-refractivity contribution in [1.29, 1.82) is 0 Å². The molecule has 0 fully saturated rings. The first-order valence-electron chi connectivity index (χ1n) is 6.65. The summed E-state index contributed by atoms with van der Waals surface area (Å²) < 4.78 is 11.2. The molecule has 22 heavy (non-hydrogen) atoms. The average Bonchev–Trinajstić information content (AvgIpc) is 2.94. The van der Waals surface area contributed by atoms with E-state index in [1.165, 1.54) is 6.92 Å². The van der Waals surface area contributed by atoms with E-state index in [9.17, 15) is 4.57 Å². The maximum absolute atomic E-state index is 11.2. The van der Waals surface area contributed by atoms with Gasteiger partial charge in [-0.25, -0.2) is 4.98 Å². The number of benzene rings is 1. The van der Waals surface area contributed by atoms with E-state index in [0.29, 0.717) is 5.82 Å². The molecule has 1 atom stereocenters. The maximum Gasteiger partial charge on any atom is 0.347 e. The number of pyridine rings is 1. The predicted molar refractivity (Wildman–Crippen MR) is 84.5 cm³/mol. The van der Waals surface area contributed by atoms with E-state index in [4.69, 9.17) is 9.79 Å². The van der Waals surface area contributed by atoms with Crippen molar-refractivity contribution in [2.24, 2.45) is 0 Å². The smallest absolute Gasteiger partial charge is 0.347 e. The highest BCUT2D eigenvalue weighted by atomic mass is 31.2. The Morgan fingerprint density at radius 3 is 2.77 bits per heavy atom. The molecule has 4 N–H and O–H groups in total. The highest BCUT2D eigenvalue weighted by Crippen LogP contribution is 2.40. The van der Waals surface area contributed by atoms with E-state index in [1.807, 2.05) is 24.3 Å². The fourth-order valence-corrected chi connectivity index (χ4v) is 2.41. The molecule has 0 bridgehead atoms.